The van der Waals surface area contributed by atoms with Crippen molar-refractivity contribution in [2.45, 2.75) is 58.9 Å². The summed E-state index contributed by atoms with van der Waals surface area (Å²) in [5.74, 6) is 0. The second kappa shape index (κ2) is 16.8. The second-order valence-corrected chi connectivity index (χ2v) is 33.0. The molecular weight excluding hydrogens is 711 g/mol. The van der Waals surface area contributed by atoms with Crippen LogP contribution >= 0.6 is 0 Å². The molecule has 0 aliphatic heterocycles. The summed E-state index contributed by atoms with van der Waals surface area (Å²) < 4.78 is 0. The number of nitrogens with zero attached hydrogens (tertiary/aromatic N) is 1. The molecule has 0 radical (unpaired) electrons. The zero-order valence-corrected chi connectivity index (χ0v) is 37.3. The Bertz CT molecular complexity index is 1980. The van der Waals surface area contributed by atoms with Crippen molar-refractivity contribution in [2.24, 2.45) is 0 Å². The Labute approximate surface area is 334 Å². The minimum absolute atomic E-state index is 1.12. The van der Waals surface area contributed by atoms with E-state index in [1.165, 1.54) is 48.9 Å². The van der Waals surface area contributed by atoms with Crippen LogP contribution in [0, 0.1) is 0 Å². The Morgan fingerprint density at radius 2 is 0.418 bits per heavy atom. The Hall–Kier alpha value is -5.01. The summed E-state index contributed by atoms with van der Waals surface area (Å²) in [6.07, 6.45) is 13.2. The maximum Gasteiger partial charge on any atom is 0.0775 e. The molecule has 0 saturated carbocycles. The molecule has 278 valence electrons. The molecule has 0 fully saturated rings. The molecule has 0 aliphatic carbocycles. The van der Waals surface area contributed by atoms with Crippen LogP contribution in [0.1, 0.15) is 33.4 Å². The van der Waals surface area contributed by atoms with Gasteiger partial charge in [0.05, 0.1) is 24.2 Å². The largest absolute Gasteiger partial charge is 0.311 e. The topological polar surface area (TPSA) is 3.24 Å². The average molecular weight is 768 g/mol. The predicted molar refractivity (Wildman–Crippen MR) is 256 cm³/mol. The summed E-state index contributed by atoms with van der Waals surface area (Å²) in [5, 5.41) is 4.46. The lowest BCUT2D eigenvalue weighted by molar-refractivity contribution is 1.28. The summed E-state index contributed by atoms with van der Waals surface area (Å²) in [6.45, 7) is 21.5. The lowest BCUT2D eigenvalue weighted by Gasteiger charge is -2.26. The fraction of sp³-hybridized carbons (Fsp3) is 0.176. The highest BCUT2D eigenvalue weighted by Crippen LogP contribution is 2.35. The van der Waals surface area contributed by atoms with Crippen molar-refractivity contribution in [3.05, 3.63) is 179 Å². The SMILES string of the molecule is C[Si](C)(C)c1ccc(/C=C/c2ccc(N(c3ccc(/C=C/c4ccc([Si](C)(C)C)cc4)cc3)c3ccc(/C=C/c4ccc([Si](C)(C)C)cc4)cc3)cc2)cc1. The average Bonchev–Trinajstić information content (AvgIpc) is 3.16. The van der Waals surface area contributed by atoms with E-state index < -0.39 is 24.2 Å². The third-order valence-corrected chi connectivity index (χ3v) is 16.4. The second-order valence-electron chi connectivity index (χ2n) is 17.7. The summed E-state index contributed by atoms with van der Waals surface area (Å²) in [4.78, 5) is 2.34. The number of hydrogen-bond acceptors (Lipinski definition) is 1. The monoisotopic (exact) mass is 767 g/mol. The normalized spacial score (nSPS) is 12.6. The molecule has 0 aliphatic rings. The standard InChI is InChI=1S/C51H57NSi3/c1-53(2,3)49-34-22-43(23-35-49)13-10-40-16-28-46(29-17-40)52(47-30-18-41(19-31-47)11-14-44-24-36-50(37-25-44)54(4,5)6)48-32-20-42(21-33-48)12-15-45-26-38-51(39-27-45)55(7,8)9/h10-39H,1-9H3/b13-10+,14-11+,15-12+. The van der Waals surface area contributed by atoms with Crippen molar-refractivity contribution in [3.8, 4) is 0 Å². The molecule has 6 rings (SSSR count). The van der Waals surface area contributed by atoms with Gasteiger partial charge in [0.25, 0.3) is 0 Å². The Balaban J connectivity index is 1.24. The van der Waals surface area contributed by atoms with Gasteiger partial charge in [-0.15, -0.1) is 0 Å². The highest BCUT2D eigenvalue weighted by molar-refractivity contribution is 6.89. The molecule has 0 bridgehead atoms. The van der Waals surface area contributed by atoms with Crippen LogP contribution in [0.5, 0.6) is 0 Å². The van der Waals surface area contributed by atoms with E-state index in [9.17, 15) is 0 Å². The van der Waals surface area contributed by atoms with Gasteiger partial charge in [0.2, 0.25) is 0 Å². The van der Waals surface area contributed by atoms with Crippen molar-refractivity contribution < 1.29 is 0 Å². The van der Waals surface area contributed by atoms with Gasteiger partial charge in [-0.25, -0.2) is 0 Å². The molecule has 0 amide bonds. The predicted octanol–water partition coefficient (Wildman–Crippen LogP) is 13.3. The minimum atomic E-state index is -1.31. The highest BCUT2D eigenvalue weighted by atomic mass is 28.3. The maximum atomic E-state index is 2.39. The molecule has 0 unspecified atom stereocenters. The summed E-state index contributed by atoms with van der Waals surface area (Å²) >= 11 is 0. The van der Waals surface area contributed by atoms with Gasteiger partial charge in [-0.3, -0.25) is 0 Å². The van der Waals surface area contributed by atoms with Crippen LogP contribution in [0.25, 0.3) is 36.5 Å². The summed E-state index contributed by atoms with van der Waals surface area (Å²) in [6, 6.07) is 53.9. The van der Waals surface area contributed by atoms with Crippen LogP contribution in [0.4, 0.5) is 17.1 Å². The van der Waals surface area contributed by atoms with Gasteiger partial charge in [0.1, 0.15) is 0 Å². The van der Waals surface area contributed by atoms with E-state index in [1.807, 2.05) is 0 Å². The molecule has 0 aromatic heterocycles. The minimum Gasteiger partial charge on any atom is -0.311 e. The van der Waals surface area contributed by atoms with Gasteiger partial charge in [0.15, 0.2) is 0 Å². The fourth-order valence-electron chi connectivity index (χ4n) is 6.51. The van der Waals surface area contributed by atoms with Crippen LogP contribution < -0.4 is 20.5 Å². The lowest BCUT2D eigenvalue weighted by atomic mass is 10.1. The van der Waals surface area contributed by atoms with Crippen molar-refractivity contribution in [3.63, 3.8) is 0 Å². The third-order valence-electron chi connectivity index (χ3n) is 10.2. The number of anilines is 3. The molecule has 0 N–H and O–H groups in total. The zero-order chi connectivity index (χ0) is 39.2. The van der Waals surface area contributed by atoms with Gasteiger partial charge in [-0.1, -0.05) is 220 Å². The van der Waals surface area contributed by atoms with Crippen molar-refractivity contribution in [1.29, 1.82) is 0 Å². The molecule has 4 heteroatoms. The molecule has 6 aromatic rings. The van der Waals surface area contributed by atoms with Gasteiger partial charge < -0.3 is 4.90 Å². The van der Waals surface area contributed by atoms with Crippen molar-refractivity contribution >= 4 is 93.3 Å². The van der Waals surface area contributed by atoms with E-state index in [1.54, 1.807) is 0 Å². The third kappa shape index (κ3) is 10.8. The first-order valence-electron chi connectivity index (χ1n) is 19.6. The van der Waals surface area contributed by atoms with Gasteiger partial charge in [0, 0.05) is 17.1 Å². The quantitative estimate of drug-likeness (QED) is 0.0885. The summed E-state index contributed by atoms with van der Waals surface area (Å²) in [7, 11) is -3.92. The first kappa shape index (κ1) is 39.7. The van der Waals surface area contributed by atoms with Crippen molar-refractivity contribution in [2.75, 3.05) is 4.90 Å². The van der Waals surface area contributed by atoms with E-state index in [2.05, 4.69) is 246 Å². The first-order chi connectivity index (χ1) is 26.1. The van der Waals surface area contributed by atoms with Crippen molar-refractivity contribution in [1.82, 2.24) is 0 Å². The van der Waals surface area contributed by atoms with Gasteiger partial charge >= 0.3 is 0 Å². The van der Waals surface area contributed by atoms with Gasteiger partial charge in [-0.05, 0) is 69.8 Å². The molecule has 55 heavy (non-hydrogen) atoms. The van der Waals surface area contributed by atoms with E-state index in [-0.39, 0.29) is 0 Å². The smallest absolute Gasteiger partial charge is 0.0775 e. The highest BCUT2D eigenvalue weighted by Gasteiger charge is 2.17. The first-order valence-corrected chi connectivity index (χ1v) is 30.1. The molecule has 0 heterocycles. The summed E-state index contributed by atoms with van der Waals surface area (Å²) in [5.41, 5.74) is 10.6. The van der Waals surface area contributed by atoms with Crippen LogP contribution in [0.15, 0.2) is 146 Å². The molecule has 1 nitrogen and oxygen atoms in total. The molecule has 0 atom stereocenters. The van der Waals surface area contributed by atoms with E-state index in [0.29, 0.717) is 0 Å². The maximum absolute atomic E-state index is 2.39. The van der Waals surface area contributed by atoms with E-state index >= 15 is 0 Å². The van der Waals surface area contributed by atoms with E-state index in [4.69, 9.17) is 0 Å². The zero-order valence-electron chi connectivity index (χ0n) is 34.3. The fourth-order valence-corrected chi connectivity index (χ4v) is 10.0. The molecule has 0 spiro atoms. The molecule has 6 aromatic carbocycles. The van der Waals surface area contributed by atoms with Gasteiger partial charge in [-0.2, -0.15) is 0 Å². The number of rotatable bonds is 12. The van der Waals surface area contributed by atoms with Crippen LogP contribution in [0.2, 0.25) is 58.9 Å². The Kier molecular flexibility index (Phi) is 12.1. The number of benzene rings is 6. The molecular formula is C51H57NSi3. The van der Waals surface area contributed by atoms with E-state index in [0.717, 1.165) is 17.1 Å². The van der Waals surface area contributed by atoms with Crippen LogP contribution in [0.3, 0.4) is 0 Å². The van der Waals surface area contributed by atoms with Crippen LogP contribution in [-0.4, -0.2) is 24.2 Å². The molecule has 0 saturated heterocycles. The number of hydrogen-bond donors (Lipinski definition) is 0. The lowest BCUT2D eigenvalue weighted by Crippen LogP contribution is -2.37. The Morgan fingerprint density at radius 1 is 0.255 bits per heavy atom. The Morgan fingerprint density at radius 3 is 0.582 bits per heavy atom. The van der Waals surface area contributed by atoms with Crippen LogP contribution in [-0.2, 0) is 0 Å².